The fourth-order valence-corrected chi connectivity index (χ4v) is 2.56. The zero-order chi connectivity index (χ0) is 19.3. The second-order valence-electron chi connectivity index (χ2n) is 6.13. The van der Waals surface area contributed by atoms with Crippen LogP contribution in [0.3, 0.4) is 0 Å². The fraction of sp³-hybridized carbons (Fsp3) is 0.238. The summed E-state index contributed by atoms with van der Waals surface area (Å²) in [6.45, 7) is 4.04. The van der Waals surface area contributed by atoms with E-state index in [1.165, 1.54) is 18.7 Å². The second kappa shape index (κ2) is 8.34. The van der Waals surface area contributed by atoms with Crippen molar-refractivity contribution in [1.29, 1.82) is 0 Å². The number of benzene rings is 2. The van der Waals surface area contributed by atoms with Crippen molar-refractivity contribution in [1.82, 2.24) is 0 Å². The van der Waals surface area contributed by atoms with Gasteiger partial charge in [-0.15, -0.1) is 0 Å². The summed E-state index contributed by atoms with van der Waals surface area (Å²) in [5.74, 6) is 0.333. The van der Waals surface area contributed by atoms with E-state index in [1.807, 2.05) is 19.9 Å². The van der Waals surface area contributed by atoms with Crippen LogP contribution in [0.2, 0.25) is 0 Å². The summed E-state index contributed by atoms with van der Waals surface area (Å²) in [6.07, 6.45) is 6.33. The van der Waals surface area contributed by atoms with Crippen LogP contribution in [0.1, 0.15) is 30.5 Å². The maximum absolute atomic E-state index is 9.96. The first kappa shape index (κ1) is 19.2. The number of methoxy groups -OCH3 is 2. The Kier molecular flexibility index (Phi) is 6.17. The second-order valence-corrected chi connectivity index (χ2v) is 6.13. The lowest BCUT2D eigenvalue weighted by molar-refractivity contribution is 0.351. The summed E-state index contributed by atoms with van der Waals surface area (Å²) in [7, 11) is 2.98. The van der Waals surface area contributed by atoms with Crippen molar-refractivity contribution in [3.8, 4) is 28.7 Å². The molecule has 0 saturated carbocycles. The summed E-state index contributed by atoms with van der Waals surface area (Å²) < 4.78 is 10.5. The highest BCUT2D eigenvalue weighted by Crippen LogP contribution is 2.37. The zero-order valence-corrected chi connectivity index (χ0v) is 15.4. The Labute approximate surface area is 153 Å². The topological polar surface area (TPSA) is 79.2 Å². The van der Waals surface area contributed by atoms with Crippen molar-refractivity contribution < 1.29 is 24.8 Å². The van der Waals surface area contributed by atoms with E-state index in [-0.39, 0.29) is 23.0 Å². The van der Waals surface area contributed by atoms with Gasteiger partial charge in [-0.2, -0.15) is 0 Å². The van der Waals surface area contributed by atoms with E-state index in [0.717, 1.165) is 11.1 Å². The Hall–Kier alpha value is -3.08. The van der Waals surface area contributed by atoms with Crippen LogP contribution in [0.15, 0.2) is 35.9 Å². The summed E-state index contributed by atoms with van der Waals surface area (Å²) in [5.41, 5.74) is 3.57. The molecule has 0 radical (unpaired) electrons. The molecule has 0 aliphatic heterocycles. The molecule has 2 rings (SSSR count). The molecule has 0 unspecified atom stereocenters. The Morgan fingerprint density at radius 2 is 1.62 bits per heavy atom. The maximum atomic E-state index is 9.96. The highest BCUT2D eigenvalue weighted by Gasteiger charge is 2.11. The number of phenols is 3. The number of allylic oxidation sites excluding steroid dienone is 2. The molecule has 0 fully saturated rings. The van der Waals surface area contributed by atoms with E-state index in [2.05, 4.69) is 6.08 Å². The van der Waals surface area contributed by atoms with Crippen LogP contribution in [0, 0.1) is 0 Å². The van der Waals surface area contributed by atoms with E-state index < -0.39 is 0 Å². The standard InChI is InChI=1S/C21H24O5/c1-13(2)5-8-17-15(11-16(22)12-19(17)25-3)7-6-14-9-18(23)21(24)20(10-14)26-4/h5-7,9-12,22-24H,8H2,1-4H3. The maximum Gasteiger partial charge on any atom is 0.200 e. The van der Waals surface area contributed by atoms with Gasteiger partial charge in [0.2, 0.25) is 5.75 Å². The van der Waals surface area contributed by atoms with Gasteiger partial charge in [0, 0.05) is 11.6 Å². The quantitative estimate of drug-likeness (QED) is 0.403. The minimum Gasteiger partial charge on any atom is -0.508 e. The van der Waals surface area contributed by atoms with Crippen LogP contribution in [0.4, 0.5) is 0 Å². The average molecular weight is 356 g/mol. The summed E-state index contributed by atoms with van der Waals surface area (Å²) in [6, 6.07) is 6.29. The number of rotatable bonds is 6. The largest absolute Gasteiger partial charge is 0.508 e. The zero-order valence-electron chi connectivity index (χ0n) is 15.4. The molecule has 26 heavy (non-hydrogen) atoms. The molecule has 5 nitrogen and oxygen atoms in total. The number of hydrogen-bond acceptors (Lipinski definition) is 5. The molecule has 3 N–H and O–H groups in total. The summed E-state index contributed by atoms with van der Waals surface area (Å²) in [5, 5.41) is 29.5. The van der Waals surface area contributed by atoms with Gasteiger partial charge in [-0.3, -0.25) is 0 Å². The number of ether oxygens (including phenoxy) is 2. The van der Waals surface area contributed by atoms with Gasteiger partial charge in [0.05, 0.1) is 14.2 Å². The minimum absolute atomic E-state index is 0.105. The normalized spacial score (nSPS) is 10.8. The predicted octanol–water partition coefficient (Wildman–Crippen LogP) is 4.50. The van der Waals surface area contributed by atoms with Gasteiger partial charge in [0.25, 0.3) is 0 Å². The van der Waals surface area contributed by atoms with Crippen molar-refractivity contribution in [2.75, 3.05) is 14.2 Å². The molecule has 0 aliphatic carbocycles. The molecule has 5 heteroatoms. The van der Waals surface area contributed by atoms with E-state index in [4.69, 9.17) is 9.47 Å². The molecule has 0 aliphatic rings. The molecule has 0 bridgehead atoms. The van der Waals surface area contributed by atoms with Crippen LogP contribution in [-0.4, -0.2) is 29.5 Å². The average Bonchev–Trinajstić information content (AvgIpc) is 2.60. The smallest absolute Gasteiger partial charge is 0.200 e. The first-order chi connectivity index (χ1) is 12.3. The molecule has 0 heterocycles. The number of aromatic hydroxyl groups is 3. The van der Waals surface area contributed by atoms with Crippen molar-refractivity contribution in [2.45, 2.75) is 20.3 Å². The third-order valence-electron chi connectivity index (χ3n) is 3.92. The van der Waals surface area contributed by atoms with Gasteiger partial charge < -0.3 is 24.8 Å². The van der Waals surface area contributed by atoms with Crippen molar-refractivity contribution in [2.24, 2.45) is 0 Å². The van der Waals surface area contributed by atoms with Gasteiger partial charge in [-0.05, 0) is 49.6 Å². The van der Waals surface area contributed by atoms with Crippen molar-refractivity contribution >= 4 is 12.2 Å². The first-order valence-electron chi connectivity index (χ1n) is 8.17. The molecule has 2 aromatic rings. The van der Waals surface area contributed by atoms with Crippen LogP contribution >= 0.6 is 0 Å². The molecule has 0 amide bonds. The highest BCUT2D eigenvalue weighted by molar-refractivity contribution is 5.75. The van der Waals surface area contributed by atoms with Crippen LogP contribution in [0.5, 0.6) is 28.7 Å². The van der Waals surface area contributed by atoms with Gasteiger partial charge in [-0.25, -0.2) is 0 Å². The first-order valence-corrected chi connectivity index (χ1v) is 8.17. The van der Waals surface area contributed by atoms with E-state index >= 15 is 0 Å². The lowest BCUT2D eigenvalue weighted by Gasteiger charge is -2.12. The van der Waals surface area contributed by atoms with Gasteiger partial charge in [0.15, 0.2) is 11.5 Å². The predicted molar refractivity (Wildman–Crippen MR) is 103 cm³/mol. The fourth-order valence-electron chi connectivity index (χ4n) is 2.56. The molecule has 0 spiro atoms. The molecule has 0 aromatic heterocycles. The summed E-state index contributed by atoms with van der Waals surface area (Å²) >= 11 is 0. The number of hydrogen-bond donors (Lipinski definition) is 3. The molecular formula is C21H24O5. The number of phenolic OH excluding ortho intramolecular Hbond substituents is 3. The van der Waals surface area contributed by atoms with Gasteiger partial charge in [0.1, 0.15) is 11.5 Å². The monoisotopic (exact) mass is 356 g/mol. The Morgan fingerprint density at radius 1 is 0.923 bits per heavy atom. The van der Waals surface area contributed by atoms with Gasteiger partial charge >= 0.3 is 0 Å². The third-order valence-corrected chi connectivity index (χ3v) is 3.92. The van der Waals surface area contributed by atoms with Crippen LogP contribution in [-0.2, 0) is 6.42 Å². The van der Waals surface area contributed by atoms with Crippen molar-refractivity contribution in [3.63, 3.8) is 0 Å². The molecule has 0 atom stereocenters. The Morgan fingerprint density at radius 3 is 2.23 bits per heavy atom. The van der Waals surface area contributed by atoms with E-state index in [9.17, 15) is 15.3 Å². The molecular weight excluding hydrogens is 332 g/mol. The molecule has 2 aromatic carbocycles. The van der Waals surface area contributed by atoms with E-state index in [1.54, 1.807) is 31.4 Å². The van der Waals surface area contributed by atoms with Crippen molar-refractivity contribution in [3.05, 3.63) is 52.6 Å². The summed E-state index contributed by atoms with van der Waals surface area (Å²) in [4.78, 5) is 0. The lowest BCUT2D eigenvalue weighted by Crippen LogP contribution is -1.95. The van der Waals surface area contributed by atoms with Crippen LogP contribution in [0.25, 0.3) is 12.2 Å². The Balaban J connectivity index is 2.48. The molecule has 138 valence electrons. The van der Waals surface area contributed by atoms with Crippen LogP contribution < -0.4 is 9.47 Å². The lowest BCUT2D eigenvalue weighted by atomic mass is 10.00. The minimum atomic E-state index is -0.298. The highest BCUT2D eigenvalue weighted by atomic mass is 16.5. The SMILES string of the molecule is COc1cc(C=Cc2cc(O)cc(OC)c2CC=C(C)C)cc(O)c1O. The Bertz CT molecular complexity index is 846. The van der Waals surface area contributed by atoms with E-state index in [0.29, 0.717) is 17.7 Å². The molecule has 0 saturated heterocycles. The van der Waals surface area contributed by atoms with Gasteiger partial charge in [-0.1, -0.05) is 23.8 Å². The third kappa shape index (κ3) is 4.51.